The lowest BCUT2D eigenvalue weighted by atomic mass is 10.1. The van der Waals surface area contributed by atoms with Crippen molar-refractivity contribution in [3.05, 3.63) is 45.4 Å². The normalized spacial score (nSPS) is 11.0. The third-order valence-corrected chi connectivity index (χ3v) is 5.43. The number of para-hydroxylation sites is 1. The van der Waals surface area contributed by atoms with E-state index in [1.165, 1.54) is 16.2 Å². The molecule has 1 aromatic carbocycles. The Morgan fingerprint density at radius 1 is 1.21 bits per heavy atom. The molecular formula is C21H32N5O2S+. The number of aromatic nitrogens is 1. The zero-order valence-corrected chi connectivity index (χ0v) is 18.9. The molecule has 3 N–H and O–H groups in total. The van der Waals surface area contributed by atoms with Crippen molar-refractivity contribution in [2.75, 3.05) is 32.5 Å². The van der Waals surface area contributed by atoms with E-state index in [1.54, 1.807) is 10.3 Å². The van der Waals surface area contributed by atoms with Gasteiger partial charge in [-0.2, -0.15) is 0 Å². The summed E-state index contributed by atoms with van der Waals surface area (Å²) in [5.41, 5.74) is 3.28. The van der Waals surface area contributed by atoms with Crippen LogP contribution < -0.4 is 15.5 Å². The summed E-state index contributed by atoms with van der Waals surface area (Å²) in [6.07, 6.45) is 0. The van der Waals surface area contributed by atoms with Crippen LogP contribution in [-0.4, -0.2) is 55.0 Å². The second-order valence-corrected chi connectivity index (χ2v) is 8.70. The molecule has 0 saturated carbocycles. The number of thiazole rings is 1. The molecule has 0 spiro atoms. The highest BCUT2D eigenvalue weighted by Gasteiger charge is 2.21. The summed E-state index contributed by atoms with van der Waals surface area (Å²) in [7, 11) is 4.08. The van der Waals surface area contributed by atoms with Crippen LogP contribution in [0.5, 0.6) is 0 Å². The van der Waals surface area contributed by atoms with Gasteiger partial charge in [0.15, 0.2) is 0 Å². The SMILES string of the molecule is Cc1cccc(C)c1NC(=O)N(Cc1nc(C(=O)NCC[NH+](C)C)cs1)C(C)C. The number of urea groups is 1. The third-order valence-electron chi connectivity index (χ3n) is 4.60. The molecule has 0 fully saturated rings. The number of likely N-dealkylation sites (N-methyl/N-ethyl adjacent to an activating group) is 1. The summed E-state index contributed by atoms with van der Waals surface area (Å²) in [4.78, 5) is 32.6. The summed E-state index contributed by atoms with van der Waals surface area (Å²) in [6, 6.07) is 5.75. The molecule has 2 aromatic rings. The first kappa shape index (κ1) is 22.8. The maximum absolute atomic E-state index is 12.9. The van der Waals surface area contributed by atoms with Crippen LogP contribution in [0.25, 0.3) is 0 Å². The number of quaternary nitrogens is 1. The molecule has 8 heteroatoms. The van der Waals surface area contributed by atoms with E-state index in [0.717, 1.165) is 28.4 Å². The number of carbonyl (C=O) groups excluding carboxylic acids is 2. The molecule has 158 valence electrons. The van der Waals surface area contributed by atoms with Crippen molar-refractivity contribution in [2.24, 2.45) is 0 Å². The van der Waals surface area contributed by atoms with Crippen molar-refractivity contribution in [2.45, 2.75) is 40.3 Å². The van der Waals surface area contributed by atoms with Crippen molar-refractivity contribution in [3.8, 4) is 0 Å². The van der Waals surface area contributed by atoms with Crippen LogP contribution in [0.2, 0.25) is 0 Å². The topological polar surface area (TPSA) is 78.8 Å². The van der Waals surface area contributed by atoms with Crippen LogP contribution in [0.4, 0.5) is 10.5 Å². The molecule has 0 aliphatic carbocycles. The molecule has 29 heavy (non-hydrogen) atoms. The van der Waals surface area contributed by atoms with Crippen LogP contribution in [0.15, 0.2) is 23.6 Å². The number of hydrogen-bond acceptors (Lipinski definition) is 4. The second-order valence-electron chi connectivity index (χ2n) is 7.76. The molecule has 0 atom stereocenters. The molecule has 1 aromatic heterocycles. The van der Waals surface area contributed by atoms with Crippen LogP contribution in [-0.2, 0) is 6.54 Å². The number of hydrogen-bond donors (Lipinski definition) is 3. The number of amides is 3. The lowest BCUT2D eigenvalue weighted by Gasteiger charge is -2.27. The fourth-order valence-corrected chi connectivity index (χ4v) is 3.60. The summed E-state index contributed by atoms with van der Waals surface area (Å²) < 4.78 is 0. The van der Waals surface area contributed by atoms with E-state index in [-0.39, 0.29) is 18.0 Å². The maximum atomic E-state index is 12.9. The molecule has 3 amide bonds. The van der Waals surface area contributed by atoms with Crippen LogP contribution >= 0.6 is 11.3 Å². The van der Waals surface area contributed by atoms with Gasteiger partial charge in [0.2, 0.25) is 0 Å². The molecular weight excluding hydrogens is 386 g/mol. The lowest BCUT2D eigenvalue weighted by molar-refractivity contribution is -0.856. The van der Waals surface area contributed by atoms with E-state index in [9.17, 15) is 9.59 Å². The summed E-state index contributed by atoms with van der Waals surface area (Å²) in [5, 5.41) is 8.39. The summed E-state index contributed by atoms with van der Waals surface area (Å²) >= 11 is 1.39. The number of nitrogens with zero attached hydrogens (tertiary/aromatic N) is 2. The highest BCUT2D eigenvalue weighted by Crippen LogP contribution is 2.21. The number of rotatable bonds is 8. The van der Waals surface area contributed by atoms with Gasteiger partial charge < -0.3 is 20.4 Å². The predicted octanol–water partition coefficient (Wildman–Crippen LogP) is 2.08. The molecule has 1 heterocycles. The Kier molecular flexibility index (Phi) is 8.16. The lowest BCUT2D eigenvalue weighted by Crippen LogP contribution is -3.06. The Hall–Kier alpha value is -2.45. The van der Waals surface area contributed by atoms with E-state index in [1.807, 2.05) is 60.0 Å². The van der Waals surface area contributed by atoms with Crippen molar-refractivity contribution < 1.29 is 14.5 Å². The van der Waals surface area contributed by atoms with E-state index in [2.05, 4.69) is 15.6 Å². The van der Waals surface area contributed by atoms with Gasteiger partial charge in [0.05, 0.1) is 33.7 Å². The van der Waals surface area contributed by atoms with Gasteiger partial charge in [0, 0.05) is 17.1 Å². The minimum absolute atomic E-state index is 0.0106. The highest BCUT2D eigenvalue weighted by molar-refractivity contribution is 7.09. The monoisotopic (exact) mass is 418 g/mol. The predicted molar refractivity (Wildman–Crippen MR) is 118 cm³/mol. The van der Waals surface area contributed by atoms with Gasteiger partial charge in [-0.25, -0.2) is 9.78 Å². The maximum Gasteiger partial charge on any atom is 0.322 e. The van der Waals surface area contributed by atoms with Crippen LogP contribution in [0.1, 0.15) is 40.5 Å². The van der Waals surface area contributed by atoms with E-state index < -0.39 is 0 Å². The summed E-state index contributed by atoms with van der Waals surface area (Å²) in [6.45, 7) is 9.70. The Morgan fingerprint density at radius 2 is 1.86 bits per heavy atom. The van der Waals surface area contributed by atoms with Crippen molar-refractivity contribution in [1.82, 2.24) is 15.2 Å². The molecule has 2 rings (SSSR count). The van der Waals surface area contributed by atoms with Crippen LogP contribution in [0, 0.1) is 13.8 Å². The fraction of sp³-hybridized carbons (Fsp3) is 0.476. The number of aryl methyl sites for hydroxylation is 2. The first-order valence-corrected chi connectivity index (χ1v) is 10.7. The smallest absolute Gasteiger partial charge is 0.322 e. The first-order valence-electron chi connectivity index (χ1n) is 9.84. The van der Waals surface area contributed by atoms with Gasteiger partial charge in [0.1, 0.15) is 10.7 Å². The van der Waals surface area contributed by atoms with Crippen molar-refractivity contribution >= 4 is 29.0 Å². The van der Waals surface area contributed by atoms with E-state index in [4.69, 9.17) is 0 Å². The van der Waals surface area contributed by atoms with E-state index >= 15 is 0 Å². The zero-order valence-electron chi connectivity index (χ0n) is 18.1. The number of nitrogens with one attached hydrogen (secondary N) is 3. The van der Waals surface area contributed by atoms with Crippen molar-refractivity contribution in [3.63, 3.8) is 0 Å². The van der Waals surface area contributed by atoms with Gasteiger partial charge in [-0.3, -0.25) is 4.79 Å². The quantitative estimate of drug-likeness (QED) is 0.614. The van der Waals surface area contributed by atoms with E-state index in [0.29, 0.717) is 18.8 Å². The minimum Gasteiger partial charge on any atom is -0.345 e. The Balaban J connectivity index is 2.04. The molecule has 0 unspecified atom stereocenters. The Bertz CT molecular complexity index is 827. The third kappa shape index (κ3) is 6.54. The molecule has 7 nitrogen and oxygen atoms in total. The Morgan fingerprint density at radius 3 is 2.45 bits per heavy atom. The molecule has 0 bridgehead atoms. The molecule has 0 saturated heterocycles. The average Bonchev–Trinajstić information content (AvgIpc) is 3.11. The van der Waals surface area contributed by atoms with Gasteiger partial charge in [0.25, 0.3) is 5.91 Å². The van der Waals surface area contributed by atoms with Crippen LogP contribution in [0.3, 0.4) is 0 Å². The fourth-order valence-electron chi connectivity index (χ4n) is 2.83. The number of carbonyl (C=O) groups is 2. The molecule has 0 aliphatic heterocycles. The Labute approximate surface area is 177 Å². The van der Waals surface area contributed by atoms with Gasteiger partial charge >= 0.3 is 6.03 Å². The largest absolute Gasteiger partial charge is 0.345 e. The highest BCUT2D eigenvalue weighted by atomic mass is 32.1. The summed E-state index contributed by atoms with van der Waals surface area (Å²) in [5.74, 6) is -0.176. The first-order chi connectivity index (χ1) is 13.7. The molecule has 0 radical (unpaired) electrons. The second kappa shape index (κ2) is 10.4. The minimum atomic E-state index is -0.176. The van der Waals surface area contributed by atoms with Crippen molar-refractivity contribution in [1.29, 1.82) is 0 Å². The molecule has 0 aliphatic rings. The number of benzene rings is 1. The zero-order chi connectivity index (χ0) is 21.6. The van der Waals surface area contributed by atoms with Gasteiger partial charge in [-0.15, -0.1) is 11.3 Å². The van der Waals surface area contributed by atoms with Gasteiger partial charge in [-0.1, -0.05) is 18.2 Å². The standard InChI is InChI=1S/C21H31N5O2S/c1-14(2)26(21(28)24-19-15(3)8-7-9-16(19)4)12-18-23-17(13-29-18)20(27)22-10-11-25(5)6/h7-9,13-14H,10-12H2,1-6H3,(H,22,27)(H,24,28)/p+1. The number of anilines is 1. The average molecular weight is 419 g/mol. The van der Waals surface area contributed by atoms with Gasteiger partial charge in [-0.05, 0) is 38.8 Å².